The molecule has 1 aliphatic rings. The highest BCUT2D eigenvalue weighted by Gasteiger charge is 2.24. The molecule has 1 unspecified atom stereocenters. The summed E-state index contributed by atoms with van der Waals surface area (Å²) in [6, 6.07) is 14.6. The molecule has 1 aliphatic carbocycles. The third-order valence-corrected chi connectivity index (χ3v) is 4.65. The molecule has 0 radical (unpaired) electrons. The second-order valence-corrected chi connectivity index (χ2v) is 6.33. The Morgan fingerprint density at radius 2 is 2.10 bits per heavy atom. The third-order valence-electron chi connectivity index (χ3n) is 3.75. The van der Waals surface area contributed by atoms with Crippen molar-refractivity contribution in [3.63, 3.8) is 0 Å². The molecule has 0 amide bonds. The van der Waals surface area contributed by atoms with Gasteiger partial charge in [0.05, 0.1) is 0 Å². The van der Waals surface area contributed by atoms with Crippen LogP contribution in [0.3, 0.4) is 0 Å². The zero-order valence-corrected chi connectivity index (χ0v) is 13.3. The Kier molecular flexibility index (Phi) is 3.76. The standard InChI is InChI=1S/C16H15BrN2S/c17-14-8-11(16(18)20)5-6-15(14)19-9-12-7-10-3-1-2-4-13(10)12/h1-6,8,12,19H,7,9H2,(H2,18,20). The van der Waals surface area contributed by atoms with Gasteiger partial charge in [0, 0.05) is 28.2 Å². The lowest BCUT2D eigenvalue weighted by atomic mass is 9.77. The molecule has 0 aliphatic heterocycles. The highest BCUT2D eigenvalue weighted by molar-refractivity contribution is 9.10. The van der Waals surface area contributed by atoms with Gasteiger partial charge in [0.2, 0.25) is 0 Å². The van der Waals surface area contributed by atoms with Crippen LogP contribution in [0.25, 0.3) is 0 Å². The third kappa shape index (κ3) is 2.58. The van der Waals surface area contributed by atoms with E-state index in [2.05, 4.69) is 45.5 Å². The van der Waals surface area contributed by atoms with Gasteiger partial charge in [-0.15, -0.1) is 0 Å². The van der Waals surface area contributed by atoms with Crippen molar-refractivity contribution in [2.45, 2.75) is 12.3 Å². The smallest absolute Gasteiger partial charge is 0.104 e. The highest BCUT2D eigenvalue weighted by Crippen LogP contribution is 2.35. The minimum absolute atomic E-state index is 0.421. The molecular formula is C16H15BrN2S. The molecule has 0 aromatic heterocycles. The number of anilines is 1. The fraction of sp³-hybridized carbons (Fsp3) is 0.188. The predicted octanol–water partition coefficient (Wildman–Crippen LogP) is 3.84. The van der Waals surface area contributed by atoms with Gasteiger partial charge in [0.15, 0.2) is 0 Å². The summed E-state index contributed by atoms with van der Waals surface area (Å²) >= 11 is 8.54. The average Bonchev–Trinajstić information content (AvgIpc) is 2.41. The molecule has 3 rings (SSSR count). The van der Waals surface area contributed by atoms with Gasteiger partial charge >= 0.3 is 0 Å². The maximum absolute atomic E-state index is 5.63. The zero-order valence-electron chi connectivity index (χ0n) is 10.9. The van der Waals surface area contributed by atoms with Crippen molar-refractivity contribution >= 4 is 38.8 Å². The summed E-state index contributed by atoms with van der Waals surface area (Å²) in [5.74, 6) is 0.605. The first-order valence-electron chi connectivity index (χ1n) is 6.56. The van der Waals surface area contributed by atoms with E-state index in [9.17, 15) is 0 Å². The molecule has 0 saturated heterocycles. The van der Waals surface area contributed by atoms with Crippen molar-refractivity contribution in [1.29, 1.82) is 0 Å². The molecule has 2 aromatic carbocycles. The number of rotatable bonds is 4. The van der Waals surface area contributed by atoms with E-state index in [1.54, 1.807) is 0 Å². The maximum Gasteiger partial charge on any atom is 0.104 e. The number of thiocarbonyl (C=S) groups is 1. The summed E-state index contributed by atoms with van der Waals surface area (Å²) in [7, 11) is 0. The van der Waals surface area contributed by atoms with Crippen molar-refractivity contribution in [2.75, 3.05) is 11.9 Å². The topological polar surface area (TPSA) is 38.0 Å². The molecule has 20 heavy (non-hydrogen) atoms. The Bertz CT molecular complexity index is 669. The number of nitrogens with one attached hydrogen (secondary N) is 1. The summed E-state index contributed by atoms with van der Waals surface area (Å²) in [6.45, 7) is 0.946. The zero-order chi connectivity index (χ0) is 14.1. The minimum atomic E-state index is 0.421. The molecule has 3 N–H and O–H groups in total. The Hall–Kier alpha value is -1.39. The van der Waals surface area contributed by atoms with E-state index in [-0.39, 0.29) is 0 Å². The highest BCUT2D eigenvalue weighted by atomic mass is 79.9. The summed E-state index contributed by atoms with van der Waals surface area (Å²) in [5.41, 5.74) is 10.5. The molecule has 0 fully saturated rings. The maximum atomic E-state index is 5.63. The number of fused-ring (bicyclic) bond motifs is 1. The normalized spacial score (nSPS) is 16.1. The molecule has 0 heterocycles. The molecule has 1 atom stereocenters. The van der Waals surface area contributed by atoms with E-state index < -0.39 is 0 Å². The lowest BCUT2D eigenvalue weighted by Gasteiger charge is -2.30. The molecule has 2 aromatic rings. The molecule has 2 nitrogen and oxygen atoms in total. The van der Waals surface area contributed by atoms with Crippen molar-refractivity contribution in [2.24, 2.45) is 5.73 Å². The predicted molar refractivity (Wildman–Crippen MR) is 91.4 cm³/mol. The number of hydrogen-bond acceptors (Lipinski definition) is 2. The summed E-state index contributed by atoms with van der Waals surface area (Å²) in [6.07, 6.45) is 1.16. The van der Waals surface area contributed by atoms with Gasteiger partial charge in [-0.25, -0.2) is 0 Å². The van der Waals surface area contributed by atoms with Crippen LogP contribution in [-0.4, -0.2) is 11.5 Å². The number of halogens is 1. The average molecular weight is 347 g/mol. The summed E-state index contributed by atoms with van der Waals surface area (Å²) in [5, 5.41) is 3.49. The SMILES string of the molecule is NC(=S)c1ccc(NCC2Cc3ccccc32)c(Br)c1. The molecule has 102 valence electrons. The van der Waals surface area contributed by atoms with Crippen LogP contribution in [0, 0.1) is 0 Å². The van der Waals surface area contributed by atoms with Crippen LogP contribution in [0.2, 0.25) is 0 Å². The van der Waals surface area contributed by atoms with Crippen LogP contribution >= 0.6 is 28.1 Å². The molecule has 0 bridgehead atoms. The van der Waals surface area contributed by atoms with Gasteiger partial charge < -0.3 is 11.1 Å². The van der Waals surface area contributed by atoms with Gasteiger partial charge in [0.25, 0.3) is 0 Å². The monoisotopic (exact) mass is 346 g/mol. The van der Waals surface area contributed by atoms with Crippen LogP contribution in [0.4, 0.5) is 5.69 Å². The van der Waals surface area contributed by atoms with Crippen molar-refractivity contribution < 1.29 is 0 Å². The van der Waals surface area contributed by atoms with Crippen LogP contribution in [-0.2, 0) is 6.42 Å². The van der Waals surface area contributed by atoms with E-state index in [0.29, 0.717) is 10.9 Å². The van der Waals surface area contributed by atoms with Crippen LogP contribution < -0.4 is 11.1 Å². The first-order chi connectivity index (χ1) is 9.65. The number of hydrogen-bond donors (Lipinski definition) is 2. The fourth-order valence-corrected chi connectivity index (χ4v) is 3.24. The van der Waals surface area contributed by atoms with Crippen LogP contribution in [0.15, 0.2) is 46.9 Å². The van der Waals surface area contributed by atoms with E-state index in [0.717, 1.165) is 28.7 Å². The molecule has 4 heteroatoms. The number of nitrogens with two attached hydrogens (primary N) is 1. The largest absolute Gasteiger partial charge is 0.389 e. The van der Waals surface area contributed by atoms with E-state index in [4.69, 9.17) is 18.0 Å². The van der Waals surface area contributed by atoms with Gasteiger partial charge in [-0.3, -0.25) is 0 Å². The Balaban J connectivity index is 1.67. The van der Waals surface area contributed by atoms with E-state index in [1.807, 2.05) is 18.2 Å². The molecule has 0 spiro atoms. The Labute approximate surface area is 132 Å². The lowest BCUT2D eigenvalue weighted by molar-refractivity contribution is 0.635. The van der Waals surface area contributed by atoms with Gasteiger partial charge in [0.1, 0.15) is 4.99 Å². The molecule has 0 saturated carbocycles. The Morgan fingerprint density at radius 3 is 2.80 bits per heavy atom. The minimum Gasteiger partial charge on any atom is -0.389 e. The van der Waals surface area contributed by atoms with Crippen molar-refractivity contribution in [3.8, 4) is 0 Å². The number of benzene rings is 2. The van der Waals surface area contributed by atoms with Gasteiger partial charge in [-0.1, -0.05) is 36.5 Å². The second-order valence-electron chi connectivity index (χ2n) is 5.04. The second kappa shape index (κ2) is 5.54. The van der Waals surface area contributed by atoms with Crippen LogP contribution in [0.5, 0.6) is 0 Å². The first kappa shape index (κ1) is 13.6. The van der Waals surface area contributed by atoms with Gasteiger partial charge in [-0.2, -0.15) is 0 Å². The van der Waals surface area contributed by atoms with Crippen molar-refractivity contribution in [3.05, 3.63) is 63.6 Å². The van der Waals surface area contributed by atoms with Gasteiger partial charge in [-0.05, 0) is 51.7 Å². The van der Waals surface area contributed by atoms with Crippen LogP contribution in [0.1, 0.15) is 22.6 Å². The van der Waals surface area contributed by atoms with E-state index in [1.165, 1.54) is 11.1 Å². The summed E-state index contributed by atoms with van der Waals surface area (Å²) in [4.78, 5) is 0.421. The molecular weight excluding hydrogens is 332 g/mol. The lowest BCUT2D eigenvalue weighted by Crippen LogP contribution is -2.24. The quantitative estimate of drug-likeness (QED) is 0.826. The van der Waals surface area contributed by atoms with Crippen molar-refractivity contribution in [1.82, 2.24) is 0 Å². The fourth-order valence-electron chi connectivity index (χ4n) is 2.59. The first-order valence-corrected chi connectivity index (χ1v) is 7.76. The summed E-state index contributed by atoms with van der Waals surface area (Å²) < 4.78 is 0.996. The van der Waals surface area contributed by atoms with E-state index >= 15 is 0 Å². The Morgan fingerprint density at radius 1 is 1.30 bits per heavy atom.